The van der Waals surface area contributed by atoms with Crippen molar-refractivity contribution in [1.82, 2.24) is 0 Å². The van der Waals surface area contributed by atoms with Crippen LogP contribution in [0, 0.1) is 18.8 Å². The highest BCUT2D eigenvalue weighted by Gasteiger charge is 2.07. The van der Waals surface area contributed by atoms with Crippen molar-refractivity contribution < 1.29 is 5.11 Å². The smallest absolute Gasteiger partial charge is 0.104 e. The zero-order valence-electron chi connectivity index (χ0n) is 11.9. The monoisotopic (exact) mass is 285 g/mol. The topological polar surface area (TPSA) is 23.5 Å². The van der Waals surface area contributed by atoms with Gasteiger partial charge in [-0.05, 0) is 32.0 Å². The van der Waals surface area contributed by atoms with Crippen LogP contribution in [0.3, 0.4) is 0 Å². The highest BCUT2D eigenvalue weighted by atomic mass is 32.1. The Hall–Kier alpha value is -1.76. The van der Waals surface area contributed by atoms with Crippen molar-refractivity contribution in [3.63, 3.8) is 0 Å². The predicted octanol–water partition coefficient (Wildman–Crippen LogP) is 3.43. The number of aliphatic hydroxyl groups is 1. The van der Waals surface area contributed by atoms with Crippen LogP contribution in [0.15, 0.2) is 35.7 Å². The minimum atomic E-state index is -0.0877. The van der Waals surface area contributed by atoms with Crippen molar-refractivity contribution >= 4 is 17.0 Å². The first-order chi connectivity index (χ1) is 9.72. The number of aryl methyl sites for hydroxylation is 1. The van der Waals surface area contributed by atoms with E-state index < -0.39 is 0 Å². The third kappa shape index (κ3) is 3.86. The quantitative estimate of drug-likeness (QED) is 0.870. The highest BCUT2D eigenvalue weighted by molar-refractivity contribution is 7.10. The van der Waals surface area contributed by atoms with Gasteiger partial charge in [0.05, 0.1) is 6.54 Å². The molecule has 0 bridgehead atoms. The summed E-state index contributed by atoms with van der Waals surface area (Å²) in [5.41, 5.74) is 3.51. The molecule has 0 saturated carbocycles. The number of benzene rings is 1. The van der Waals surface area contributed by atoms with Gasteiger partial charge in [0.25, 0.3) is 0 Å². The van der Waals surface area contributed by atoms with E-state index >= 15 is 0 Å². The molecule has 0 atom stereocenters. The lowest BCUT2D eigenvalue weighted by Gasteiger charge is -2.22. The third-order valence-electron chi connectivity index (χ3n) is 3.09. The van der Waals surface area contributed by atoms with Gasteiger partial charge in [-0.25, -0.2) is 0 Å². The molecule has 1 N–H and O–H groups in total. The van der Waals surface area contributed by atoms with Crippen LogP contribution in [-0.4, -0.2) is 18.3 Å². The van der Waals surface area contributed by atoms with Gasteiger partial charge in [0.15, 0.2) is 0 Å². The molecule has 104 valence electrons. The van der Waals surface area contributed by atoms with Gasteiger partial charge in [0.2, 0.25) is 0 Å². The molecule has 3 heteroatoms. The maximum Gasteiger partial charge on any atom is 0.104 e. The van der Waals surface area contributed by atoms with E-state index in [0.717, 1.165) is 18.7 Å². The fraction of sp³-hybridized carbons (Fsp3) is 0.294. The highest BCUT2D eigenvalue weighted by Crippen LogP contribution is 2.21. The Morgan fingerprint density at radius 3 is 2.65 bits per heavy atom. The average molecular weight is 285 g/mol. The molecule has 0 spiro atoms. The Labute approximate surface area is 124 Å². The van der Waals surface area contributed by atoms with Gasteiger partial charge in [0.1, 0.15) is 6.61 Å². The van der Waals surface area contributed by atoms with E-state index in [1.807, 2.05) is 5.38 Å². The van der Waals surface area contributed by atoms with Gasteiger partial charge in [-0.1, -0.05) is 29.5 Å². The summed E-state index contributed by atoms with van der Waals surface area (Å²) in [5.74, 6) is 5.63. The first kappa shape index (κ1) is 14.6. The SMILES string of the molecule is CCN(Cc1cc(C#CCO)cs1)c1ccc(C)cc1. The Kier molecular flexibility index (Phi) is 5.23. The van der Waals surface area contributed by atoms with Gasteiger partial charge >= 0.3 is 0 Å². The van der Waals surface area contributed by atoms with Crippen molar-refractivity contribution in [3.05, 3.63) is 51.7 Å². The summed E-state index contributed by atoms with van der Waals surface area (Å²) in [7, 11) is 0. The van der Waals surface area contributed by atoms with E-state index in [1.165, 1.54) is 16.1 Å². The molecule has 0 aliphatic rings. The van der Waals surface area contributed by atoms with Crippen molar-refractivity contribution in [2.24, 2.45) is 0 Å². The number of nitrogens with zero attached hydrogens (tertiary/aromatic N) is 1. The molecule has 1 aromatic heterocycles. The van der Waals surface area contributed by atoms with Crippen LogP contribution in [0.1, 0.15) is 22.9 Å². The number of hydrogen-bond acceptors (Lipinski definition) is 3. The maximum atomic E-state index is 8.71. The molecule has 2 nitrogen and oxygen atoms in total. The molecule has 0 aliphatic heterocycles. The van der Waals surface area contributed by atoms with Crippen LogP contribution in [-0.2, 0) is 6.54 Å². The van der Waals surface area contributed by atoms with Crippen LogP contribution in [0.2, 0.25) is 0 Å². The summed E-state index contributed by atoms with van der Waals surface area (Å²) < 4.78 is 0. The molecule has 0 saturated heterocycles. The van der Waals surface area contributed by atoms with Crippen LogP contribution in [0.5, 0.6) is 0 Å². The minimum absolute atomic E-state index is 0.0877. The lowest BCUT2D eigenvalue weighted by Crippen LogP contribution is -2.21. The Balaban J connectivity index is 2.10. The number of hydrogen-bond donors (Lipinski definition) is 1. The number of rotatable bonds is 4. The van der Waals surface area contributed by atoms with Crippen molar-refractivity contribution in [2.75, 3.05) is 18.1 Å². The van der Waals surface area contributed by atoms with Gasteiger partial charge in [-0.3, -0.25) is 0 Å². The van der Waals surface area contributed by atoms with Crippen molar-refractivity contribution in [1.29, 1.82) is 0 Å². The summed E-state index contributed by atoms with van der Waals surface area (Å²) >= 11 is 1.72. The molecule has 2 aromatic rings. The third-order valence-corrected chi connectivity index (χ3v) is 4.01. The maximum absolute atomic E-state index is 8.71. The lowest BCUT2D eigenvalue weighted by molar-refractivity contribution is 0.350. The van der Waals surface area contributed by atoms with E-state index in [2.05, 4.69) is 60.9 Å². The summed E-state index contributed by atoms with van der Waals surface area (Å²) in [5, 5.41) is 10.8. The molecular weight excluding hydrogens is 266 g/mol. The molecule has 20 heavy (non-hydrogen) atoms. The van der Waals surface area contributed by atoms with Gasteiger partial charge in [0, 0.05) is 28.1 Å². The van der Waals surface area contributed by atoms with E-state index in [4.69, 9.17) is 5.11 Å². The minimum Gasteiger partial charge on any atom is -0.384 e. The van der Waals surface area contributed by atoms with Crippen LogP contribution in [0.25, 0.3) is 0 Å². The normalized spacial score (nSPS) is 9.95. The molecule has 0 fully saturated rings. The second-order valence-corrected chi connectivity index (χ2v) is 5.61. The summed E-state index contributed by atoms with van der Waals surface area (Å²) in [6.07, 6.45) is 0. The fourth-order valence-corrected chi connectivity index (χ4v) is 2.83. The van der Waals surface area contributed by atoms with Gasteiger partial charge in [-0.2, -0.15) is 0 Å². The molecule has 0 aliphatic carbocycles. The van der Waals surface area contributed by atoms with E-state index in [0.29, 0.717) is 0 Å². The average Bonchev–Trinajstić information content (AvgIpc) is 2.91. The lowest BCUT2D eigenvalue weighted by atomic mass is 10.2. The summed E-state index contributed by atoms with van der Waals surface area (Å²) in [4.78, 5) is 3.63. The molecular formula is C17H19NOS. The molecule has 2 rings (SSSR count). The Bertz CT molecular complexity index is 604. The first-order valence-corrected chi connectivity index (χ1v) is 7.59. The summed E-state index contributed by atoms with van der Waals surface area (Å²) in [6, 6.07) is 10.7. The van der Waals surface area contributed by atoms with Crippen molar-refractivity contribution in [2.45, 2.75) is 20.4 Å². The second kappa shape index (κ2) is 7.14. The van der Waals surface area contributed by atoms with Crippen LogP contribution < -0.4 is 4.90 Å². The van der Waals surface area contributed by atoms with Crippen LogP contribution in [0.4, 0.5) is 5.69 Å². The van der Waals surface area contributed by atoms with E-state index in [9.17, 15) is 0 Å². The molecule has 0 radical (unpaired) electrons. The van der Waals surface area contributed by atoms with Crippen LogP contribution >= 0.6 is 11.3 Å². The number of anilines is 1. The molecule has 1 aromatic carbocycles. The second-order valence-electron chi connectivity index (χ2n) is 4.61. The zero-order valence-corrected chi connectivity index (χ0v) is 12.7. The molecule has 0 amide bonds. The summed E-state index contributed by atoms with van der Waals surface area (Å²) in [6.45, 7) is 6.05. The van der Waals surface area contributed by atoms with Gasteiger partial charge < -0.3 is 10.0 Å². The van der Waals surface area contributed by atoms with E-state index in [1.54, 1.807) is 11.3 Å². The molecule has 1 heterocycles. The standard InChI is InChI=1S/C17H19NOS/c1-3-18(16-8-6-14(2)7-9-16)12-17-11-15(13-20-17)5-4-10-19/h6-9,11,13,19H,3,10,12H2,1-2H3. The Morgan fingerprint density at radius 1 is 1.25 bits per heavy atom. The fourth-order valence-electron chi connectivity index (χ4n) is 2.00. The zero-order chi connectivity index (χ0) is 14.4. The largest absolute Gasteiger partial charge is 0.384 e. The molecule has 0 unspecified atom stereocenters. The Morgan fingerprint density at radius 2 is 2.00 bits per heavy atom. The van der Waals surface area contributed by atoms with Gasteiger partial charge in [-0.15, -0.1) is 11.3 Å². The van der Waals surface area contributed by atoms with E-state index in [-0.39, 0.29) is 6.61 Å². The number of aliphatic hydroxyl groups excluding tert-OH is 1. The predicted molar refractivity (Wildman–Crippen MR) is 86.2 cm³/mol. The first-order valence-electron chi connectivity index (χ1n) is 6.71. The van der Waals surface area contributed by atoms with Crippen molar-refractivity contribution in [3.8, 4) is 11.8 Å². The number of thiophene rings is 1.